The van der Waals surface area contributed by atoms with Crippen molar-refractivity contribution in [3.8, 4) is 0 Å². The van der Waals surface area contributed by atoms with Gasteiger partial charge in [-0.1, -0.05) is 36.4 Å². The van der Waals surface area contributed by atoms with Gasteiger partial charge in [0.1, 0.15) is 0 Å². The average Bonchev–Trinajstić information content (AvgIpc) is 3.40. The predicted octanol–water partition coefficient (Wildman–Crippen LogP) is 3.65. The van der Waals surface area contributed by atoms with Gasteiger partial charge in [0.15, 0.2) is 0 Å². The Morgan fingerprint density at radius 2 is 1.74 bits per heavy atom. The summed E-state index contributed by atoms with van der Waals surface area (Å²) >= 11 is 0. The number of carbonyl (C=O) groups excluding carboxylic acids is 1. The highest BCUT2D eigenvalue weighted by Gasteiger charge is 2.41. The molecule has 0 N–H and O–H groups in total. The molecule has 0 saturated heterocycles. The first kappa shape index (κ1) is 14.9. The van der Waals surface area contributed by atoms with Gasteiger partial charge in [-0.15, -0.1) is 0 Å². The van der Waals surface area contributed by atoms with Gasteiger partial charge >= 0.3 is 0 Å². The summed E-state index contributed by atoms with van der Waals surface area (Å²) in [5, 5.41) is 0.563. The van der Waals surface area contributed by atoms with Crippen molar-refractivity contribution in [3.05, 3.63) is 71.0 Å². The van der Waals surface area contributed by atoms with E-state index in [1.165, 1.54) is 0 Å². The standard InChI is InChI=1S/C22H17N3O2/c26-20-15-5-1-2-6-17(15)23-22-24(20)18-7-3-4-8-19(18)25(22)21(27)16-12-13-9-10-14(16)11-13/h1-10,13-14,16H,11-12H2. The molecule has 1 saturated carbocycles. The SMILES string of the molecule is O=C(C1CC2C=CC1C2)n1c2ccccc2n2c(=O)c3ccccc3nc12. The number of carbonyl (C=O) groups is 1. The van der Waals surface area contributed by atoms with Gasteiger partial charge in [-0.05, 0) is 48.9 Å². The highest BCUT2D eigenvalue weighted by Crippen LogP contribution is 2.44. The van der Waals surface area contributed by atoms with Crippen molar-refractivity contribution in [2.24, 2.45) is 17.8 Å². The molecule has 1 fully saturated rings. The summed E-state index contributed by atoms with van der Waals surface area (Å²) in [5.74, 6) is 1.23. The van der Waals surface area contributed by atoms with Crippen molar-refractivity contribution in [2.75, 3.05) is 0 Å². The maximum absolute atomic E-state index is 13.5. The van der Waals surface area contributed by atoms with Crippen molar-refractivity contribution in [1.29, 1.82) is 0 Å². The summed E-state index contributed by atoms with van der Waals surface area (Å²) in [6, 6.07) is 14.9. The lowest BCUT2D eigenvalue weighted by atomic mass is 9.92. The molecule has 0 amide bonds. The largest absolute Gasteiger partial charge is 0.274 e. The van der Waals surface area contributed by atoms with Gasteiger partial charge in [-0.25, -0.2) is 14.0 Å². The number of aromatic nitrogens is 3. The topological polar surface area (TPSA) is 56.4 Å². The van der Waals surface area contributed by atoms with E-state index >= 15 is 0 Å². The molecule has 6 rings (SSSR count). The Bertz CT molecular complexity index is 1340. The van der Waals surface area contributed by atoms with E-state index in [0.717, 1.165) is 23.9 Å². The predicted molar refractivity (Wildman–Crippen MR) is 104 cm³/mol. The normalized spacial score (nSPS) is 23.8. The van der Waals surface area contributed by atoms with Crippen LogP contribution in [0, 0.1) is 17.8 Å². The molecular weight excluding hydrogens is 338 g/mol. The van der Waals surface area contributed by atoms with Crippen molar-refractivity contribution in [1.82, 2.24) is 14.0 Å². The van der Waals surface area contributed by atoms with Crippen LogP contribution in [-0.4, -0.2) is 19.9 Å². The lowest BCUT2D eigenvalue weighted by molar-refractivity contribution is 0.0823. The molecule has 0 radical (unpaired) electrons. The quantitative estimate of drug-likeness (QED) is 0.490. The second-order valence-electron chi connectivity index (χ2n) is 7.62. The smallest absolute Gasteiger partial charge is 0.267 e. The maximum atomic E-state index is 13.5. The van der Waals surface area contributed by atoms with Crippen molar-refractivity contribution >= 4 is 33.6 Å². The molecule has 4 aromatic rings. The van der Waals surface area contributed by atoms with E-state index in [0.29, 0.717) is 28.5 Å². The highest BCUT2D eigenvalue weighted by atomic mass is 16.2. The second kappa shape index (κ2) is 5.16. The van der Waals surface area contributed by atoms with Gasteiger partial charge < -0.3 is 0 Å². The maximum Gasteiger partial charge on any atom is 0.267 e. The van der Waals surface area contributed by atoms with E-state index in [-0.39, 0.29) is 17.4 Å². The number of fused-ring (bicyclic) bond motifs is 6. The van der Waals surface area contributed by atoms with Crippen LogP contribution in [0.1, 0.15) is 17.6 Å². The first-order valence-electron chi connectivity index (χ1n) is 9.36. The van der Waals surface area contributed by atoms with Crippen molar-refractivity contribution in [2.45, 2.75) is 12.8 Å². The number of allylic oxidation sites excluding steroid dienone is 2. The Balaban J connectivity index is 1.71. The Kier molecular flexibility index (Phi) is 2.85. The molecule has 3 atom stereocenters. The molecule has 0 spiro atoms. The number of benzene rings is 2. The van der Waals surface area contributed by atoms with Gasteiger partial charge in [0.2, 0.25) is 11.7 Å². The van der Waals surface area contributed by atoms with Crippen molar-refractivity contribution < 1.29 is 4.79 Å². The monoisotopic (exact) mass is 355 g/mol. The summed E-state index contributed by atoms with van der Waals surface area (Å²) in [4.78, 5) is 31.4. The first-order chi connectivity index (χ1) is 13.2. The zero-order valence-corrected chi connectivity index (χ0v) is 14.6. The summed E-state index contributed by atoms with van der Waals surface area (Å²) < 4.78 is 3.25. The van der Waals surface area contributed by atoms with Crippen LogP contribution >= 0.6 is 0 Å². The molecule has 2 aliphatic rings. The van der Waals surface area contributed by atoms with E-state index in [1.54, 1.807) is 15.0 Å². The van der Waals surface area contributed by atoms with E-state index in [2.05, 4.69) is 12.2 Å². The van der Waals surface area contributed by atoms with E-state index in [9.17, 15) is 9.59 Å². The molecule has 0 aliphatic heterocycles. The molecule has 5 heteroatoms. The fourth-order valence-corrected chi connectivity index (χ4v) is 4.89. The third-order valence-corrected chi connectivity index (χ3v) is 6.14. The lowest BCUT2D eigenvalue weighted by Gasteiger charge is -2.17. The van der Waals surface area contributed by atoms with Gasteiger partial charge in [-0.3, -0.25) is 9.59 Å². The molecule has 2 heterocycles. The van der Waals surface area contributed by atoms with Gasteiger partial charge in [0, 0.05) is 5.92 Å². The summed E-state index contributed by atoms with van der Waals surface area (Å²) in [7, 11) is 0. The van der Waals surface area contributed by atoms with E-state index in [4.69, 9.17) is 4.98 Å². The second-order valence-corrected chi connectivity index (χ2v) is 7.62. The Morgan fingerprint density at radius 1 is 0.963 bits per heavy atom. The third kappa shape index (κ3) is 1.91. The molecule has 2 aliphatic carbocycles. The molecule has 2 aromatic carbocycles. The number of hydrogen-bond donors (Lipinski definition) is 0. The molecule has 27 heavy (non-hydrogen) atoms. The first-order valence-corrected chi connectivity index (χ1v) is 9.36. The van der Waals surface area contributed by atoms with Crippen molar-refractivity contribution in [3.63, 3.8) is 0 Å². The molecule has 2 bridgehead atoms. The zero-order valence-electron chi connectivity index (χ0n) is 14.6. The van der Waals surface area contributed by atoms with E-state index < -0.39 is 0 Å². The van der Waals surface area contributed by atoms with Crippen LogP contribution in [0.3, 0.4) is 0 Å². The van der Waals surface area contributed by atoms with Crippen LogP contribution in [0.15, 0.2) is 65.5 Å². The van der Waals surface area contributed by atoms with Crippen LogP contribution in [0.25, 0.3) is 27.7 Å². The average molecular weight is 355 g/mol. The Labute approximate surface area is 154 Å². The zero-order chi connectivity index (χ0) is 18.1. The number of imidazole rings is 1. The summed E-state index contributed by atoms with van der Waals surface area (Å²) in [6.07, 6.45) is 6.36. The van der Waals surface area contributed by atoms with Crippen LogP contribution < -0.4 is 5.56 Å². The number of hydrogen-bond acceptors (Lipinski definition) is 3. The minimum atomic E-state index is -0.133. The van der Waals surface area contributed by atoms with Gasteiger partial charge in [0.05, 0.1) is 21.9 Å². The number of para-hydroxylation sites is 3. The minimum absolute atomic E-state index is 0.0389. The minimum Gasteiger partial charge on any atom is -0.274 e. The number of rotatable bonds is 1. The Hall–Kier alpha value is -3.21. The van der Waals surface area contributed by atoms with Crippen LogP contribution in [0.4, 0.5) is 0 Å². The lowest BCUT2D eigenvalue weighted by Crippen LogP contribution is -2.26. The van der Waals surface area contributed by atoms with Crippen LogP contribution in [0.2, 0.25) is 0 Å². The molecule has 132 valence electrons. The Morgan fingerprint density at radius 3 is 2.52 bits per heavy atom. The van der Waals surface area contributed by atoms with E-state index in [1.807, 2.05) is 42.5 Å². The summed E-state index contributed by atoms with van der Waals surface area (Å²) in [6.45, 7) is 0. The fraction of sp³-hybridized carbons (Fsp3) is 0.227. The molecule has 2 aromatic heterocycles. The fourth-order valence-electron chi connectivity index (χ4n) is 4.89. The molecule has 5 nitrogen and oxygen atoms in total. The highest BCUT2D eigenvalue weighted by molar-refractivity contribution is 5.98. The molecular formula is C22H17N3O2. The van der Waals surface area contributed by atoms with Crippen LogP contribution in [0.5, 0.6) is 0 Å². The van der Waals surface area contributed by atoms with Gasteiger partial charge in [0.25, 0.3) is 5.56 Å². The van der Waals surface area contributed by atoms with Crippen LogP contribution in [-0.2, 0) is 0 Å². The third-order valence-electron chi connectivity index (χ3n) is 6.14. The molecule has 3 unspecified atom stereocenters. The number of nitrogens with zero attached hydrogens (tertiary/aromatic N) is 3. The van der Waals surface area contributed by atoms with Gasteiger partial charge in [-0.2, -0.15) is 0 Å². The summed E-state index contributed by atoms with van der Waals surface area (Å²) in [5.41, 5.74) is 1.95.